The summed E-state index contributed by atoms with van der Waals surface area (Å²) < 4.78 is 27.6. The van der Waals surface area contributed by atoms with E-state index in [-0.39, 0.29) is 12.1 Å². The van der Waals surface area contributed by atoms with Gasteiger partial charge < -0.3 is 4.57 Å². The number of nitrogens with one attached hydrogen (secondary N) is 1. The summed E-state index contributed by atoms with van der Waals surface area (Å²) in [6.45, 7) is -0.00593. The molecule has 0 radical (unpaired) electrons. The quantitative estimate of drug-likeness (QED) is 0.761. The summed E-state index contributed by atoms with van der Waals surface area (Å²) in [5, 5.41) is 0. The van der Waals surface area contributed by atoms with Crippen molar-refractivity contribution in [3.8, 4) is 0 Å². The summed E-state index contributed by atoms with van der Waals surface area (Å²) in [5.74, 6) is 0. The Balaban J connectivity index is 2.85. The van der Waals surface area contributed by atoms with Crippen molar-refractivity contribution in [3.63, 3.8) is 0 Å². The minimum atomic E-state index is -3.49. The molecule has 0 saturated heterocycles. The van der Waals surface area contributed by atoms with Crippen molar-refractivity contribution in [2.75, 3.05) is 14.1 Å². The van der Waals surface area contributed by atoms with Crippen LogP contribution in [0.2, 0.25) is 0 Å². The molecule has 1 aromatic heterocycles. The fraction of sp³-hybridized carbons (Fsp3) is 0.444. The highest BCUT2D eigenvalue weighted by molar-refractivity contribution is 7.87. The van der Waals surface area contributed by atoms with Gasteiger partial charge in [0.2, 0.25) is 0 Å². The van der Waals surface area contributed by atoms with Gasteiger partial charge in [-0.1, -0.05) is 6.07 Å². The van der Waals surface area contributed by atoms with Crippen LogP contribution in [0.3, 0.4) is 0 Å². The van der Waals surface area contributed by atoms with E-state index in [1.807, 2.05) is 0 Å². The molecule has 16 heavy (non-hydrogen) atoms. The molecule has 0 saturated carbocycles. The molecular formula is C9H15N3O3S. The highest BCUT2D eigenvalue weighted by atomic mass is 32.2. The first-order valence-electron chi connectivity index (χ1n) is 4.66. The lowest BCUT2D eigenvalue weighted by Gasteiger charge is -2.12. The van der Waals surface area contributed by atoms with Crippen molar-refractivity contribution in [3.05, 3.63) is 34.2 Å². The molecule has 0 fully saturated rings. The Morgan fingerprint density at radius 3 is 2.62 bits per heavy atom. The number of pyridine rings is 1. The predicted molar refractivity (Wildman–Crippen MR) is 61.1 cm³/mol. The van der Waals surface area contributed by atoms with E-state index >= 15 is 0 Å². The second-order valence-electron chi connectivity index (χ2n) is 3.56. The summed E-state index contributed by atoms with van der Waals surface area (Å²) >= 11 is 0. The van der Waals surface area contributed by atoms with Gasteiger partial charge in [0.1, 0.15) is 0 Å². The first-order valence-corrected chi connectivity index (χ1v) is 6.10. The summed E-state index contributed by atoms with van der Waals surface area (Å²) in [6, 6.07) is 3.29. The van der Waals surface area contributed by atoms with E-state index < -0.39 is 10.2 Å². The van der Waals surface area contributed by atoms with Gasteiger partial charge in [-0.05, 0) is 6.07 Å². The fourth-order valence-corrected chi connectivity index (χ4v) is 1.68. The monoisotopic (exact) mass is 245 g/mol. The van der Waals surface area contributed by atoms with Gasteiger partial charge in [0.25, 0.3) is 15.8 Å². The molecule has 0 spiro atoms. The van der Waals surface area contributed by atoms with Crippen LogP contribution in [0.4, 0.5) is 0 Å². The lowest BCUT2D eigenvalue weighted by Crippen LogP contribution is -2.36. The van der Waals surface area contributed by atoms with Crippen LogP contribution in [-0.4, -0.2) is 31.4 Å². The maximum absolute atomic E-state index is 11.6. The van der Waals surface area contributed by atoms with Gasteiger partial charge in [0.15, 0.2) is 0 Å². The van der Waals surface area contributed by atoms with Crippen LogP contribution in [-0.2, 0) is 23.8 Å². The Bertz CT molecular complexity index is 519. The molecule has 1 heterocycles. The summed E-state index contributed by atoms with van der Waals surface area (Å²) in [4.78, 5) is 11.6. The van der Waals surface area contributed by atoms with E-state index in [9.17, 15) is 13.2 Å². The Kier molecular flexibility index (Phi) is 3.84. The zero-order valence-corrected chi connectivity index (χ0v) is 10.3. The molecule has 90 valence electrons. The number of hydrogen-bond donors (Lipinski definition) is 1. The van der Waals surface area contributed by atoms with E-state index in [4.69, 9.17) is 0 Å². The van der Waals surface area contributed by atoms with Crippen molar-refractivity contribution in [2.45, 2.75) is 6.54 Å². The molecule has 0 aliphatic rings. The zero-order valence-electron chi connectivity index (χ0n) is 9.47. The highest BCUT2D eigenvalue weighted by Gasteiger charge is 2.13. The third-order valence-electron chi connectivity index (χ3n) is 2.13. The number of hydrogen-bond acceptors (Lipinski definition) is 3. The first kappa shape index (κ1) is 12.9. The molecule has 1 N–H and O–H groups in total. The molecule has 0 atom stereocenters. The van der Waals surface area contributed by atoms with Gasteiger partial charge in [-0.25, -0.2) is 0 Å². The van der Waals surface area contributed by atoms with Crippen molar-refractivity contribution in [2.24, 2.45) is 7.05 Å². The van der Waals surface area contributed by atoms with E-state index in [1.165, 1.54) is 18.7 Å². The topological polar surface area (TPSA) is 71.4 Å². The average molecular weight is 245 g/mol. The van der Waals surface area contributed by atoms with Gasteiger partial charge in [-0.3, -0.25) is 4.79 Å². The summed E-state index contributed by atoms with van der Waals surface area (Å²) in [6.07, 6.45) is 1.62. The molecule has 0 bridgehead atoms. The lowest BCUT2D eigenvalue weighted by atomic mass is 10.3. The standard InChI is InChI=1S/C9H15N3O3S/c1-11(2)16(14,15)10-7-8-5-4-6-12(3)9(8)13/h4-6,10H,7H2,1-3H3. The van der Waals surface area contributed by atoms with Crippen LogP contribution >= 0.6 is 0 Å². The van der Waals surface area contributed by atoms with Crippen molar-refractivity contribution >= 4 is 10.2 Å². The molecule has 0 aliphatic carbocycles. The van der Waals surface area contributed by atoms with E-state index in [0.29, 0.717) is 5.56 Å². The lowest BCUT2D eigenvalue weighted by molar-refractivity contribution is 0.505. The Labute approximate surface area is 94.7 Å². The number of aromatic nitrogens is 1. The smallest absolute Gasteiger partial charge is 0.279 e. The highest BCUT2D eigenvalue weighted by Crippen LogP contribution is 1.94. The number of aryl methyl sites for hydroxylation is 1. The van der Waals surface area contributed by atoms with Crippen LogP contribution in [0.1, 0.15) is 5.56 Å². The molecule has 0 aliphatic heterocycles. The predicted octanol–water partition coefficient (Wildman–Crippen LogP) is -0.719. The molecular weight excluding hydrogens is 230 g/mol. The first-order chi connectivity index (χ1) is 7.34. The second-order valence-corrected chi connectivity index (χ2v) is 5.53. The van der Waals surface area contributed by atoms with Crippen molar-refractivity contribution in [1.29, 1.82) is 0 Å². The molecule has 7 heteroatoms. The molecule has 0 amide bonds. The summed E-state index contributed by atoms with van der Waals surface area (Å²) in [7, 11) is 0.971. The van der Waals surface area contributed by atoms with Crippen molar-refractivity contribution in [1.82, 2.24) is 13.6 Å². The van der Waals surface area contributed by atoms with E-state index in [2.05, 4.69) is 4.72 Å². The van der Waals surface area contributed by atoms with Crippen LogP contribution in [0, 0.1) is 0 Å². The SMILES string of the molecule is CN(C)S(=O)(=O)NCc1cccn(C)c1=O. The maximum Gasteiger partial charge on any atom is 0.279 e. The molecule has 0 unspecified atom stereocenters. The largest absolute Gasteiger partial charge is 0.318 e. The molecule has 6 nitrogen and oxygen atoms in total. The van der Waals surface area contributed by atoms with Gasteiger partial charge in [-0.2, -0.15) is 17.4 Å². The maximum atomic E-state index is 11.6. The summed E-state index contributed by atoms with van der Waals surface area (Å²) in [5.41, 5.74) is 0.208. The number of nitrogens with zero attached hydrogens (tertiary/aromatic N) is 2. The Morgan fingerprint density at radius 1 is 1.44 bits per heavy atom. The third-order valence-corrected chi connectivity index (χ3v) is 3.60. The van der Waals surface area contributed by atoms with Gasteiger partial charge in [0.05, 0.1) is 0 Å². The van der Waals surface area contributed by atoms with Gasteiger partial charge in [-0.15, -0.1) is 0 Å². The minimum absolute atomic E-state index is 0.00593. The number of rotatable bonds is 4. The van der Waals surface area contributed by atoms with E-state index in [0.717, 1.165) is 4.31 Å². The Morgan fingerprint density at radius 2 is 2.06 bits per heavy atom. The zero-order chi connectivity index (χ0) is 12.3. The van der Waals surface area contributed by atoms with Gasteiger partial charge in [0, 0.05) is 39.4 Å². The van der Waals surface area contributed by atoms with E-state index in [1.54, 1.807) is 25.4 Å². The Hall–Kier alpha value is -1.18. The van der Waals surface area contributed by atoms with Gasteiger partial charge >= 0.3 is 0 Å². The van der Waals surface area contributed by atoms with Crippen molar-refractivity contribution < 1.29 is 8.42 Å². The fourth-order valence-electron chi connectivity index (χ4n) is 1.09. The molecule has 1 rings (SSSR count). The average Bonchev–Trinajstić information content (AvgIpc) is 2.20. The van der Waals surface area contributed by atoms with Crippen LogP contribution in [0.15, 0.2) is 23.1 Å². The second kappa shape index (κ2) is 4.77. The third kappa shape index (κ3) is 2.91. The molecule has 1 aromatic rings. The van der Waals surface area contributed by atoms with Crippen LogP contribution in [0.25, 0.3) is 0 Å². The van der Waals surface area contributed by atoms with Crippen LogP contribution < -0.4 is 10.3 Å². The molecule has 0 aromatic carbocycles. The minimum Gasteiger partial charge on any atom is -0.318 e. The van der Waals surface area contributed by atoms with Crippen LogP contribution in [0.5, 0.6) is 0 Å². The normalized spacial score (nSPS) is 12.0.